The van der Waals surface area contributed by atoms with Gasteiger partial charge in [-0.1, -0.05) is 231 Å². The number of fused-ring (bicyclic) bond motifs is 13. The second kappa shape index (κ2) is 24.1. The molecule has 10 aromatic carbocycles. The quantitative estimate of drug-likeness (QED) is 0.0860. The zero-order valence-corrected chi connectivity index (χ0v) is 45.7. The molecule has 10 atom stereocenters. The number of esters is 1. The number of hydrogen-bond donors (Lipinski definition) is 0. The number of hydrogen-bond acceptors (Lipinski definition) is 5. The smallest absolute Gasteiger partial charge is 0.312 e. The Hall–Kier alpha value is -7.41. The van der Waals surface area contributed by atoms with Gasteiger partial charge in [0.05, 0.1) is 36.4 Å². The highest BCUT2D eigenvalue weighted by molar-refractivity contribution is 5.98. The number of carbonyl (C=O) groups is 1. The summed E-state index contributed by atoms with van der Waals surface area (Å²) >= 11 is 0. The second-order valence-electron chi connectivity index (χ2n) is 23.1. The molecule has 5 saturated heterocycles. The van der Waals surface area contributed by atoms with E-state index in [-0.39, 0.29) is 24.1 Å². The largest absolute Gasteiger partial charge is 0.459 e. The van der Waals surface area contributed by atoms with Crippen LogP contribution in [0.3, 0.4) is 0 Å². The average molecular weight is 1050 g/mol. The molecular weight excluding hydrogens is 981 g/mol. The van der Waals surface area contributed by atoms with Crippen molar-refractivity contribution in [3.8, 4) is 11.1 Å². The molecule has 3 saturated carbocycles. The topological polar surface area (TPSA) is 60.6 Å². The van der Waals surface area contributed by atoms with E-state index in [0.29, 0.717) is 18.3 Å². The summed E-state index contributed by atoms with van der Waals surface area (Å²) in [5, 5.41) is 10.8. The van der Waals surface area contributed by atoms with Gasteiger partial charge in [-0.15, -0.1) is 0 Å². The molecule has 0 amide bonds. The van der Waals surface area contributed by atoms with E-state index in [0.717, 1.165) is 43.3 Å². The SMILES string of the molecule is C1CC2CC1C1OC21.C1CCC2OC2C1.O=C1OC2CC3CC1C2O3.c1cc2c3c(cccc3c1)CC2.c1ccc2c(c1)Cc1ccccc1-2.c1ccc2cc3ccccc3cc2c1.c1ccc2ccccc2c1.c1ccccc1. The van der Waals surface area contributed by atoms with E-state index in [1.54, 1.807) is 0 Å². The number of epoxide rings is 2. The summed E-state index contributed by atoms with van der Waals surface area (Å²) in [6.45, 7) is 0. The summed E-state index contributed by atoms with van der Waals surface area (Å²) in [7, 11) is 0. The van der Waals surface area contributed by atoms with Crippen LogP contribution >= 0.6 is 0 Å². The monoisotopic (exact) mass is 1050 g/mol. The fourth-order valence-electron chi connectivity index (χ4n) is 13.9. The Kier molecular flexibility index (Phi) is 15.7. The molecule has 0 aromatic heterocycles. The third kappa shape index (κ3) is 11.9. The molecule has 4 bridgehead atoms. The molecule has 0 N–H and O–H groups in total. The molecule has 80 heavy (non-hydrogen) atoms. The molecule has 0 spiro atoms. The summed E-state index contributed by atoms with van der Waals surface area (Å²) in [6, 6.07) is 80.7. The maximum atomic E-state index is 11.0. The molecule has 10 aromatic rings. The summed E-state index contributed by atoms with van der Waals surface area (Å²) in [4.78, 5) is 11.0. The first-order valence-electron chi connectivity index (χ1n) is 29.7. The first kappa shape index (κ1) is 52.0. The fraction of sp³-hybridized carbons (Fsp3) is 0.293. The van der Waals surface area contributed by atoms with Gasteiger partial charge in [-0.3, -0.25) is 4.79 Å². The standard InChI is InChI=1S/C14H10.C13H10.C12H10.C10H8.C7H8O3.C7H10O.C6H10O.C6H6/c1-2-6-12-10-14-8-4-3-7-13(14)9-11(12)5-1;1-3-7-12-10(5-1)9-11-6-2-4-8-13(11)12;1-3-9-4-2-6-11-8-7-10(5-1)12(9)11;1-2-6-10-8-4-3-7-9(10)5-1;8-7-4-1-3-2-5(10-7)6(4)9-3;1-2-5-3-4(1)6-7(5)8-6;1-2-4-6-5(3-1)7-6;1-2-4-6-5-3-1/h1-10H;1-8H,9H2;1-6H,7-8H2;1-8H;3-6H,1-2H2;4-7H,1-3H2;5-6H,1-4H2;1-6H. The number of rotatable bonds is 0. The second-order valence-corrected chi connectivity index (χ2v) is 23.1. The molecule has 5 heterocycles. The van der Waals surface area contributed by atoms with Gasteiger partial charge in [0.15, 0.2) is 0 Å². The predicted molar refractivity (Wildman–Crippen MR) is 326 cm³/mol. The van der Waals surface area contributed by atoms with Crippen molar-refractivity contribution in [2.24, 2.45) is 17.8 Å². The van der Waals surface area contributed by atoms with E-state index < -0.39 is 0 Å². The molecule has 20 rings (SSSR count). The molecular formula is C75H72O5. The highest BCUT2D eigenvalue weighted by Crippen LogP contribution is 2.56. The Balaban J connectivity index is 0.0000000874. The normalized spacial score (nSPS) is 25.6. The lowest BCUT2D eigenvalue weighted by atomic mass is 9.90. The molecule has 8 fully saturated rings. The first-order valence-corrected chi connectivity index (χ1v) is 29.7. The molecule has 5 nitrogen and oxygen atoms in total. The van der Waals surface area contributed by atoms with Crippen molar-refractivity contribution in [1.29, 1.82) is 0 Å². The van der Waals surface area contributed by atoms with Gasteiger partial charge >= 0.3 is 5.97 Å². The summed E-state index contributed by atoms with van der Waals surface area (Å²) in [5.41, 5.74) is 8.81. The van der Waals surface area contributed by atoms with Gasteiger partial charge in [0.2, 0.25) is 0 Å². The van der Waals surface area contributed by atoms with Crippen LogP contribution in [0.1, 0.15) is 80.0 Å². The lowest BCUT2D eigenvalue weighted by Crippen LogP contribution is -2.22. The Labute approximate surface area is 471 Å². The lowest BCUT2D eigenvalue weighted by molar-refractivity contribution is -0.143. The van der Waals surface area contributed by atoms with E-state index in [1.165, 1.54) is 134 Å². The third-order valence-corrected chi connectivity index (χ3v) is 18.0. The average Bonchev–Trinajstić information content (AvgIpc) is 4.01. The van der Waals surface area contributed by atoms with Crippen LogP contribution in [0.5, 0.6) is 0 Å². The number of ether oxygens (including phenoxy) is 4. The molecule has 10 aliphatic rings. The highest BCUT2D eigenvalue weighted by Gasteiger charge is 2.59. The van der Waals surface area contributed by atoms with Crippen LogP contribution in [0.4, 0.5) is 0 Å². The Morgan fingerprint density at radius 3 is 1.18 bits per heavy atom. The molecule has 5 aliphatic heterocycles. The van der Waals surface area contributed by atoms with Crippen LogP contribution in [0.15, 0.2) is 231 Å². The van der Waals surface area contributed by atoms with E-state index >= 15 is 0 Å². The Morgan fingerprint density at radius 2 is 0.762 bits per heavy atom. The molecule has 402 valence electrons. The maximum absolute atomic E-state index is 11.0. The van der Waals surface area contributed by atoms with E-state index in [4.69, 9.17) is 18.9 Å². The summed E-state index contributed by atoms with van der Waals surface area (Å²) in [5.74, 6) is 2.04. The van der Waals surface area contributed by atoms with E-state index in [2.05, 4.69) is 194 Å². The summed E-state index contributed by atoms with van der Waals surface area (Å²) in [6.07, 6.45) is 18.8. The minimum atomic E-state index is -0.0324. The van der Waals surface area contributed by atoms with Gasteiger partial charge in [0, 0.05) is 6.42 Å². The molecule has 5 aliphatic carbocycles. The van der Waals surface area contributed by atoms with Gasteiger partial charge in [-0.05, 0) is 158 Å². The molecule has 0 radical (unpaired) electrons. The van der Waals surface area contributed by atoms with Crippen molar-refractivity contribution < 1.29 is 23.7 Å². The van der Waals surface area contributed by atoms with Gasteiger partial charge in [0.1, 0.15) is 12.2 Å². The van der Waals surface area contributed by atoms with Gasteiger partial charge in [-0.2, -0.15) is 0 Å². The lowest BCUT2D eigenvalue weighted by Gasteiger charge is -2.07. The predicted octanol–water partition coefficient (Wildman–Crippen LogP) is 17.3. The molecule has 10 unspecified atom stereocenters. The van der Waals surface area contributed by atoms with Crippen LogP contribution in [-0.4, -0.2) is 48.7 Å². The first-order chi connectivity index (χ1) is 39.6. The van der Waals surface area contributed by atoms with Crippen molar-refractivity contribution in [3.63, 3.8) is 0 Å². The van der Waals surface area contributed by atoms with Crippen molar-refractivity contribution in [1.82, 2.24) is 0 Å². The zero-order chi connectivity index (χ0) is 53.6. The van der Waals surface area contributed by atoms with Gasteiger partial charge in [-0.25, -0.2) is 0 Å². The number of carbonyl (C=O) groups excluding carboxylic acids is 1. The van der Waals surface area contributed by atoms with Crippen LogP contribution in [0.2, 0.25) is 0 Å². The van der Waals surface area contributed by atoms with Crippen LogP contribution in [0.25, 0.3) is 54.2 Å². The zero-order valence-electron chi connectivity index (χ0n) is 45.7. The van der Waals surface area contributed by atoms with Crippen molar-refractivity contribution in [2.45, 2.75) is 120 Å². The molecule has 5 heteroatoms. The van der Waals surface area contributed by atoms with Crippen LogP contribution in [0, 0.1) is 17.8 Å². The highest BCUT2D eigenvalue weighted by atomic mass is 16.6. The van der Waals surface area contributed by atoms with Crippen LogP contribution < -0.4 is 0 Å². The Bertz CT molecular complexity index is 3410. The number of aryl methyl sites for hydroxylation is 2. The summed E-state index contributed by atoms with van der Waals surface area (Å²) < 4.78 is 21.3. The van der Waals surface area contributed by atoms with Gasteiger partial charge in [0.25, 0.3) is 0 Å². The van der Waals surface area contributed by atoms with E-state index in [1.807, 2.05) is 36.4 Å². The minimum Gasteiger partial charge on any atom is -0.459 e. The van der Waals surface area contributed by atoms with Crippen molar-refractivity contribution >= 4 is 49.1 Å². The number of benzene rings is 10. The van der Waals surface area contributed by atoms with Crippen molar-refractivity contribution in [2.75, 3.05) is 0 Å². The Morgan fingerprint density at radius 1 is 0.338 bits per heavy atom. The van der Waals surface area contributed by atoms with Crippen molar-refractivity contribution in [3.05, 3.63) is 253 Å². The van der Waals surface area contributed by atoms with E-state index in [9.17, 15) is 4.79 Å². The third-order valence-electron chi connectivity index (χ3n) is 18.0. The van der Waals surface area contributed by atoms with Gasteiger partial charge < -0.3 is 18.9 Å². The minimum absolute atomic E-state index is 0.0324. The van der Waals surface area contributed by atoms with Crippen LogP contribution in [-0.2, 0) is 43.0 Å². The fourth-order valence-corrected chi connectivity index (χ4v) is 13.9. The maximum Gasteiger partial charge on any atom is 0.312 e.